The van der Waals surface area contributed by atoms with E-state index in [2.05, 4.69) is 10.1 Å². The van der Waals surface area contributed by atoms with Gasteiger partial charge in [0.1, 0.15) is 0 Å². The second-order valence-electron chi connectivity index (χ2n) is 4.87. The van der Waals surface area contributed by atoms with Crippen LogP contribution in [-0.4, -0.2) is 63.3 Å². The molecule has 0 bridgehead atoms. The molecule has 6 nitrogen and oxygen atoms in total. The van der Waals surface area contributed by atoms with Crippen LogP contribution in [0.3, 0.4) is 0 Å². The summed E-state index contributed by atoms with van der Waals surface area (Å²) < 4.78 is 9.81. The average Bonchev–Trinajstić information content (AvgIpc) is 2.39. The second kappa shape index (κ2) is 8.87. The van der Waals surface area contributed by atoms with Crippen molar-refractivity contribution in [3.05, 3.63) is 0 Å². The summed E-state index contributed by atoms with van der Waals surface area (Å²) in [6.45, 7) is 2.51. The molecule has 0 aliphatic carbocycles. The van der Waals surface area contributed by atoms with E-state index in [4.69, 9.17) is 4.74 Å². The van der Waals surface area contributed by atoms with E-state index in [9.17, 15) is 9.59 Å². The maximum absolute atomic E-state index is 11.8. The highest BCUT2D eigenvalue weighted by atomic mass is 16.5. The summed E-state index contributed by atoms with van der Waals surface area (Å²) >= 11 is 0. The smallest absolute Gasteiger partial charge is 0.305 e. The number of hydrogen-bond acceptors (Lipinski definition) is 5. The number of carbonyl (C=O) groups is 2. The molecule has 0 atom stereocenters. The molecule has 0 aromatic heterocycles. The number of rotatable bonds is 7. The molecule has 1 fully saturated rings. The third kappa shape index (κ3) is 7.12. The van der Waals surface area contributed by atoms with Crippen LogP contribution in [0.1, 0.15) is 25.7 Å². The average molecular weight is 272 g/mol. The van der Waals surface area contributed by atoms with Gasteiger partial charge in [0.05, 0.1) is 13.7 Å². The Morgan fingerprint density at radius 3 is 2.68 bits per heavy atom. The first kappa shape index (κ1) is 15.9. The Morgan fingerprint density at radius 2 is 2.05 bits per heavy atom. The predicted molar refractivity (Wildman–Crippen MR) is 70.7 cm³/mol. The van der Waals surface area contributed by atoms with E-state index in [0.717, 1.165) is 26.1 Å². The highest BCUT2D eigenvalue weighted by molar-refractivity contribution is 5.78. The summed E-state index contributed by atoms with van der Waals surface area (Å²) in [6, 6.07) is 0.240. The monoisotopic (exact) mass is 272 g/mol. The minimum Gasteiger partial charge on any atom is -0.469 e. The number of nitrogens with one attached hydrogen (secondary N) is 1. The molecule has 0 unspecified atom stereocenters. The molecule has 0 aromatic rings. The molecular formula is C13H24N2O4. The van der Waals surface area contributed by atoms with Crippen molar-refractivity contribution < 1.29 is 19.1 Å². The van der Waals surface area contributed by atoms with Gasteiger partial charge in [0, 0.05) is 25.7 Å². The Kier molecular flexibility index (Phi) is 7.43. The summed E-state index contributed by atoms with van der Waals surface area (Å²) in [4.78, 5) is 24.7. The molecular weight excluding hydrogens is 248 g/mol. The highest BCUT2D eigenvalue weighted by Gasteiger charge is 2.16. The quantitative estimate of drug-likeness (QED) is 0.669. The molecule has 0 aromatic carbocycles. The molecule has 1 N–H and O–H groups in total. The lowest BCUT2D eigenvalue weighted by molar-refractivity contribution is -0.140. The van der Waals surface area contributed by atoms with Crippen LogP contribution in [0.15, 0.2) is 0 Å². The second-order valence-corrected chi connectivity index (χ2v) is 4.87. The zero-order chi connectivity index (χ0) is 14.1. The third-order valence-electron chi connectivity index (χ3n) is 3.15. The van der Waals surface area contributed by atoms with E-state index in [0.29, 0.717) is 25.9 Å². The minimum atomic E-state index is -0.208. The van der Waals surface area contributed by atoms with Crippen molar-refractivity contribution in [2.24, 2.45) is 0 Å². The first-order chi connectivity index (χ1) is 9.11. The molecule has 0 radical (unpaired) electrons. The number of esters is 1. The predicted octanol–water partition coefficient (Wildman–Crippen LogP) is 0.167. The van der Waals surface area contributed by atoms with Crippen LogP contribution < -0.4 is 5.32 Å². The van der Waals surface area contributed by atoms with Crippen molar-refractivity contribution in [2.75, 3.05) is 40.5 Å². The van der Waals surface area contributed by atoms with E-state index >= 15 is 0 Å². The fraction of sp³-hybridized carbons (Fsp3) is 0.846. The Morgan fingerprint density at radius 1 is 1.37 bits per heavy atom. The van der Waals surface area contributed by atoms with Gasteiger partial charge in [-0.2, -0.15) is 0 Å². The van der Waals surface area contributed by atoms with Gasteiger partial charge in [0.2, 0.25) is 5.91 Å². The van der Waals surface area contributed by atoms with Crippen molar-refractivity contribution in [2.45, 2.75) is 31.7 Å². The first-order valence-electron chi connectivity index (χ1n) is 6.74. The highest BCUT2D eigenvalue weighted by Crippen LogP contribution is 2.05. The molecule has 6 heteroatoms. The number of ether oxygens (including phenoxy) is 2. The fourth-order valence-electron chi connectivity index (χ4n) is 2.03. The molecule has 110 valence electrons. The standard InChI is InChI=1S/C13H24N2O4/c1-15(7-3-4-13(17)18-2)10-12(16)14-11-5-8-19-9-6-11/h11H,3-10H2,1-2H3,(H,14,16). The summed E-state index contributed by atoms with van der Waals surface area (Å²) in [5, 5.41) is 3.01. The zero-order valence-electron chi connectivity index (χ0n) is 11.8. The molecule has 0 saturated carbocycles. The van der Waals surface area contributed by atoms with Crippen LogP contribution in [0.25, 0.3) is 0 Å². The van der Waals surface area contributed by atoms with E-state index in [-0.39, 0.29) is 17.9 Å². The van der Waals surface area contributed by atoms with Crippen molar-refractivity contribution in [3.63, 3.8) is 0 Å². The number of likely N-dealkylation sites (N-methyl/N-ethyl adjacent to an activating group) is 1. The lowest BCUT2D eigenvalue weighted by atomic mass is 10.1. The summed E-state index contributed by atoms with van der Waals surface area (Å²) in [6.07, 6.45) is 2.87. The fourth-order valence-corrected chi connectivity index (χ4v) is 2.03. The van der Waals surface area contributed by atoms with Crippen LogP contribution in [0.5, 0.6) is 0 Å². The van der Waals surface area contributed by atoms with E-state index in [1.165, 1.54) is 7.11 Å². The molecule has 1 amide bonds. The van der Waals surface area contributed by atoms with Crippen LogP contribution in [0, 0.1) is 0 Å². The van der Waals surface area contributed by atoms with Crippen molar-refractivity contribution >= 4 is 11.9 Å². The maximum Gasteiger partial charge on any atom is 0.305 e. The minimum absolute atomic E-state index is 0.0347. The van der Waals surface area contributed by atoms with Gasteiger partial charge < -0.3 is 14.8 Å². The number of hydrogen-bond donors (Lipinski definition) is 1. The van der Waals surface area contributed by atoms with Crippen LogP contribution in [0.4, 0.5) is 0 Å². The Labute approximate surface area is 114 Å². The van der Waals surface area contributed by atoms with Gasteiger partial charge in [-0.25, -0.2) is 0 Å². The molecule has 1 aliphatic heterocycles. The van der Waals surface area contributed by atoms with Crippen molar-refractivity contribution in [1.29, 1.82) is 0 Å². The molecule has 1 saturated heterocycles. The third-order valence-corrected chi connectivity index (χ3v) is 3.15. The maximum atomic E-state index is 11.8. The number of methoxy groups -OCH3 is 1. The first-order valence-corrected chi connectivity index (χ1v) is 6.74. The lowest BCUT2D eigenvalue weighted by Gasteiger charge is -2.24. The van der Waals surface area contributed by atoms with Gasteiger partial charge in [-0.1, -0.05) is 0 Å². The SMILES string of the molecule is COC(=O)CCCN(C)CC(=O)NC1CCOCC1. The number of carbonyl (C=O) groups excluding carboxylic acids is 2. The molecule has 1 rings (SSSR count). The van der Waals surface area contributed by atoms with E-state index in [1.54, 1.807) is 0 Å². The zero-order valence-corrected chi connectivity index (χ0v) is 11.8. The van der Waals surface area contributed by atoms with Crippen molar-refractivity contribution in [3.8, 4) is 0 Å². The summed E-state index contributed by atoms with van der Waals surface area (Å²) in [5.74, 6) is -0.174. The molecule has 19 heavy (non-hydrogen) atoms. The Hall–Kier alpha value is -1.14. The lowest BCUT2D eigenvalue weighted by Crippen LogP contribution is -2.43. The van der Waals surface area contributed by atoms with Gasteiger partial charge in [-0.15, -0.1) is 0 Å². The summed E-state index contributed by atoms with van der Waals surface area (Å²) in [7, 11) is 3.26. The molecule has 0 spiro atoms. The van der Waals surface area contributed by atoms with Crippen LogP contribution in [0.2, 0.25) is 0 Å². The van der Waals surface area contributed by atoms with Gasteiger partial charge in [-0.05, 0) is 32.9 Å². The Bertz CT molecular complexity index is 290. The van der Waals surface area contributed by atoms with E-state index < -0.39 is 0 Å². The number of nitrogens with zero attached hydrogens (tertiary/aromatic N) is 1. The van der Waals surface area contributed by atoms with Crippen LogP contribution in [-0.2, 0) is 19.1 Å². The van der Waals surface area contributed by atoms with Gasteiger partial charge in [0.15, 0.2) is 0 Å². The van der Waals surface area contributed by atoms with Crippen molar-refractivity contribution in [1.82, 2.24) is 10.2 Å². The number of amides is 1. The Balaban J connectivity index is 2.11. The molecule has 1 aliphatic rings. The van der Waals surface area contributed by atoms with Crippen LogP contribution >= 0.6 is 0 Å². The molecule has 1 heterocycles. The topological polar surface area (TPSA) is 67.9 Å². The largest absolute Gasteiger partial charge is 0.469 e. The van der Waals surface area contributed by atoms with Gasteiger partial charge in [0.25, 0.3) is 0 Å². The summed E-state index contributed by atoms with van der Waals surface area (Å²) in [5.41, 5.74) is 0. The normalized spacial score (nSPS) is 16.4. The van der Waals surface area contributed by atoms with Gasteiger partial charge in [-0.3, -0.25) is 14.5 Å². The van der Waals surface area contributed by atoms with Gasteiger partial charge >= 0.3 is 5.97 Å². The van der Waals surface area contributed by atoms with E-state index in [1.807, 2.05) is 11.9 Å².